The first kappa shape index (κ1) is 18.9. The van der Waals surface area contributed by atoms with E-state index in [1.165, 1.54) is 0 Å². The Morgan fingerprint density at radius 1 is 0.926 bits per heavy atom. The van der Waals surface area contributed by atoms with Gasteiger partial charge in [-0.15, -0.1) is 0 Å². The van der Waals surface area contributed by atoms with Crippen LogP contribution in [0.4, 0.5) is 5.69 Å². The topological polar surface area (TPSA) is 55.4 Å². The summed E-state index contributed by atoms with van der Waals surface area (Å²) in [6, 6.07) is 21.5. The normalized spacial score (nSPS) is 10.3. The minimum absolute atomic E-state index is 0.0504. The number of ketones is 1. The van der Waals surface area contributed by atoms with Gasteiger partial charge in [0.1, 0.15) is 5.75 Å². The Morgan fingerprint density at radius 3 is 2.26 bits per heavy atom. The molecule has 3 aromatic carbocycles. The second-order valence-electron chi connectivity index (χ2n) is 6.02. The first-order valence-electron chi connectivity index (χ1n) is 8.41. The Balaban J connectivity index is 1.57. The highest BCUT2D eigenvalue weighted by Gasteiger charge is 2.09. The van der Waals surface area contributed by atoms with Gasteiger partial charge in [-0.1, -0.05) is 46.3 Å². The molecule has 0 saturated heterocycles. The van der Waals surface area contributed by atoms with E-state index in [1.54, 1.807) is 36.4 Å². The Bertz CT molecular complexity index is 953. The van der Waals surface area contributed by atoms with Crippen molar-refractivity contribution < 1.29 is 14.3 Å². The van der Waals surface area contributed by atoms with Crippen LogP contribution in [0.1, 0.15) is 21.5 Å². The lowest BCUT2D eigenvalue weighted by Gasteiger charge is -2.10. The third-order valence-electron chi connectivity index (χ3n) is 3.98. The average Bonchev–Trinajstić information content (AvgIpc) is 2.69. The zero-order valence-corrected chi connectivity index (χ0v) is 16.3. The van der Waals surface area contributed by atoms with Crippen molar-refractivity contribution in [3.63, 3.8) is 0 Å². The Labute approximate surface area is 166 Å². The van der Waals surface area contributed by atoms with Crippen LogP contribution in [-0.4, -0.2) is 18.3 Å². The van der Waals surface area contributed by atoms with Crippen molar-refractivity contribution in [2.24, 2.45) is 0 Å². The number of hydrogen-bond donors (Lipinski definition) is 1. The van der Waals surface area contributed by atoms with Crippen LogP contribution >= 0.6 is 15.9 Å². The summed E-state index contributed by atoms with van der Waals surface area (Å²) in [5, 5.41) is 2.82. The lowest BCUT2D eigenvalue weighted by Crippen LogP contribution is -2.20. The number of amides is 1. The van der Waals surface area contributed by atoms with E-state index in [-0.39, 0.29) is 18.3 Å². The van der Waals surface area contributed by atoms with Crippen molar-refractivity contribution in [1.29, 1.82) is 0 Å². The number of anilines is 1. The van der Waals surface area contributed by atoms with E-state index in [2.05, 4.69) is 21.2 Å². The van der Waals surface area contributed by atoms with Gasteiger partial charge in [-0.2, -0.15) is 0 Å². The van der Waals surface area contributed by atoms with Gasteiger partial charge in [0.15, 0.2) is 12.4 Å². The smallest absolute Gasteiger partial charge is 0.262 e. The minimum atomic E-state index is -0.245. The summed E-state index contributed by atoms with van der Waals surface area (Å²) in [7, 11) is 0. The van der Waals surface area contributed by atoms with Gasteiger partial charge in [-0.25, -0.2) is 0 Å². The van der Waals surface area contributed by atoms with Crippen LogP contribution in [0.25, 0.3) is 0 Å². The van der Waals surface area contributed by atoms with Crippen LogP contribution in [0.3, 0.4) is 0 Å². The summed E-state index contributed by atoms with van der Waals surface area (Å²) in [5.74, 6) is 0.234. The molecule has 1 amide bonds. The highest BCUT2D eigenvalue weighted by molar-refractivity contribution is 9.10. The number of benzene rings is 3. The molecule has 0 fully saturated rings. The molecule has 0 radical (unpaired) electrons. The molecule has 1 N–H and O–H groups in total. The van der Waals surface area contributed by atoms with E-state index in [1.807, 2.05) is 43.3 Å². The predicted octanol–water partition coefficient (Wildman–Crippen LogP) is 5.01. The molecular formula is C22H18BrNO3. The molecule has 3 aromatic rings. The summed E-state index contributed by atoms with van der Waals surface area (Å²) < 4.78 is 6.47. The van der Waals surface area contributed by atoms with Gasteiger partial charge in [0.25, 0.3) is 5.91 Å². The first-order chi connectivity index (χ1) is 13.0. The van der Waals surface area contributed by atoms with Crippen LogP contribution in [-0.2, 0) is 4.79 Å². The van der Waals surface area contributed by atoms with E-state index < -0.39 is 0 Å². The van der Waals surface area contributed by atoms with Crippen molar-refractivity contribution in [2.75, 3.05) is 11.9 Å². The zero-order chi connectivity index (χ0) is 19.2. The summed E-state index contributed by atoms with van der Waals surface area (Å²) in [4.78, 5) is 24.5. The maximum atomic E-state index is 12.4. The Kier molecular flexibility index (Phi) is 6.04. The number of rotatable bonds is 6. The fourth-order valence-electron chi connectivity index (χ4n) is 2.56. The number of hydrogen-bond acceptors (Lipinski definition) is 3. The maximum Gasteiger partial charge on any atom is 0.262 e. The molecule has 0 atom stereocenters. The summed E-state index contributed by atoms with van der Waals surface area (Å²) in [6.45, 7) is 1.81. The number of aryl methyl sites for hydroxylation is 1. The van der Waals surface area contributed by atoms with Gasteiger partial charge in [0, 0.05) is 21.3 Å². The summed E-state index contributed by atoms with van der Waals surface area (Å²) in [6.07, 6.45) is 0. The van der Waals surface area contributed by atoms with Crippen molar-refractivity contribution in [3.8, 4) is 5.75 Å². The standard InChI is InChI=1S/C22H18BrNO3/c1-15-13-18(23)9-12-20(15)24-21(25)14-27-19-10-7-17(8-11-19)22(26)16-5-3-2-4-6-16/h2-13H,14H2,1H3,(H,24,25). The second-order valence-corrected chi connectivity index (χ2v) is 6.93. The highest BCUT2D eigenvalue weighted by atomic mass is 79.9. The molecule has 136 valence electrons. The highest BCUT2D eigenvalue weighted by Crippen LogP contribution is 2.20. The fourth-order valence-corrected chi connectivity index (χ4v) is 3.04. The molecule has 0 bridgehead atoms. The zero-order valence-electron chi connectivity index (χ0n) is 14.7. The molecule has 0 aliphatic carbocycles. The van der Waals surface area contributed by atoms with E-state index in [9.17, 15) is 9.59 Å². The van der Waals surface area contributed by atoms with E-state index in [4.69, 9.17) is 4.74 Å². The third-order valence-corrected chi connectivity index (χ3v) is 4.48. The molecule has 0 aliphatic rings. The number of halogens is 1. The summed E-state index contributed by atoms with van der Waals surface area (Å²) in [5.41, 5.74) is 2.91. The van der Waals surface area contributed by atoms with Gasteiger partial charge >= 0.3 is 0 Å². The van der Waals surface area contributed by atoms with Gasteiger partial charge in [-0.3, -0.25) is 9.59 Å². The molecule has 3 rings (SSSR count). The molecule has 0 aliphatic heterocycles. The first-order valence-corrected chi connectivity index (χ1v) is 9.21. The SMILES string of the molecule is Cc1cc(Br)ccc1NC(=O)COc1ccc(C(=O)c2ccccc2)cc1. The van der Waals surface area contributed by atoms with Gasteiger partial charge < -0.3 is 10.1 Å². The van der Waals surface area contributed by atoms with Crippen molar-refractivity contribution >= 4 is 33.3 Å². The fraction of sp³-hybridized carbons (Fsp3) is 0.0909. The molecule has 27 heavy (non-hydrogen) atoms. The lowest BCUT2D eigenvalue weighted by atomic mass is 10.0. The van der Waals surface area contributed by atoms with E-state index in [0.717, 1.165) is 15.7 Å². The van der Waals surface area contributed by atoms with Crippen LogP contribution in [0.15, 0.2) is 77.3 Å². The van der Waals surface area contributed by atoms with E-state index >= 15 is 0 Å². The van der Waals surface area contributed by atoms with Crippen molar-refractivity contribution in [3.05, 3.63) is 94.0 Å². The van der Waals surface area contributed by atoms with Crippen LogP contribution < -0.4 is 10.1 Å². The number of carbonyl (C=O) groups is 2. The predicted molar refractivity (Wildman–Crippen MR) is 109 cm³/mol. The number of nitrogens with one attached hydrogen (secondary N) is 1. The average molecular weight is 424 g/mol. The lowest BCUT2D eigenvalue weighted by molar-refractivity contribution is -0.118. The molecule has 0 unspecified atom stereocenters. The molecule has 0 aromatic heterocycles. The quantitative estimate of drug-likeness (QED) is 0.567. The van der Waals surface area contributed by atoms with Crippen molar-refractivity contribution in [2.45, 2.75) is 6.92 Å². The Morgan fingerprint density at radius 2 is 1.59 bits per heavy atom. The van der Waals surface area contributed by atoms with Crippen LogP contribution in [0, 0.1) is 6.92 Å². The van der Waals surface area contributed by atoms with Crippen molar-refractivity contribution in [1.82, 2.24) is 0 Å². The molecular weight excluding hydrogens is 406 g/mol. The van der Waals surface area contributed by atoms with Crippen LogP contribution in [0.2, 0.25) is 0 Å². The number of ether oxygens (including phenoxy) is 1. The molecule has 4 nitrogen and oxygen atoms in total. The van der Waals surface area contributed by atoms with Crippen LogP contribution in [0.5, 0.6) is 5.75 Å². The second kappa shape index (κ2) is 8.64. The number of carbonyl (C=O) groups excluding carboxylic acids is 2. The molecule has 0 heterocycles. The molecule has 0 spiro atoms. The maximum absolute atomic E-state index is 12.4. The van der Waals surface area contributed by atoms with Gasteiger partial charge in [0.2, 0.25) is 0 Å². The van der Waals surface area contributed by atoms with E-state index in [0.29, 0.717) is 16.9 Å². The van der Waals surface area contributed by atoms with Gasteiger partial charge in [-0.05, 0) is 55.0 Å². The molecule has 5 heteroatoms. The van der Waals surface area contributed by atoms with Gasteiger partial charge in [0.05, 0.1) is 0 Å². The molecule has 0 saturated carbocycles. The Hall–Kier alpha value is -2.92. The summed E-state index contributed by atoms with van der Waals surface area (Å²) >= 11 is 3.39. The minimum Gasteiger partial charge on any atom is -0.484 e. The monoisotopic (exact) mass is 423 g/mol. The largest absolute Gasteiger partial charge is 0.484 e. The third kappa shape index (κ3) is 5.05.